The van der Waals surface area contributed by atoms with Gasteiger partial charge in [-0.3, -0.25) is 9.59 Å². The maximum Gasteiger partial charge on any atom is 0.338 e. The molecule has 0 fully saturated rings. The molecule has 0 bridgehead atoms. The highest BCUT2D eigenvalue weighted by atomic mass is 16.5. The van der Waals surface area contributed by atoms with Gasteiger partial charge in [-0.15, -0.1) is 0 Å². The van der Waals surface area contributed by atoms with Crippen molar-refractivity contribution in [1.82, 2.24) is 5.32 Å². The van der Waals surface area contributed by atoms with E-state index in [9.17, 15) is 14.4 Å². The molecule has 0 aliphatic rings. The van der Waals surface area contributed by atoms with E-state index < -0.39 is 17.8 Å². The summed E-state index contributed by atoms with van der Waals surface area (Å²) in [5, 5.41) is 5.25. The molecular weight excluding hydrogens is 356 g/mol. The second kappa shape index (κ2) is 9.17. The van der Waals surface area contributed by atoms with Crippen LogP contribution in [0.5, 0.6) is 0 Å². The predicted octanol–water partition coefficient (Wildman–Crippen LogP) is 3.60. The van der Waals surface area contributed by atoms with Gasteiger partial charge in [0.05, 0.1) is 18.2 Å². The quantitative estimate of drug-likeness (QED) is 0.611. The van der Waals surface area contributed by atoms with E-state index in [2.05, 4.69) is 16.7 Å². The van der Waals surface area contributed by atoms with Gasteiger partial charge in [0.25, 0.3) is 0 Å². The van der Waals surface area contributed by atoms with Crippen molar-refractivity contribution in [2.45, 2.75) is 40.7 Å². The first kappa shape index (κ1) is 21.2. The molecule has 0 aliphatic carbocycles. The Balaban J connectivity index is 2.00. The van der Waals surface area contributed by atoms with Crippen LogP contribution in [-0.2, 0) is 14.3 Å². The Labute approximate surface area is 165 Å². The number of anilines is 1. The minimum Gasteiger partial charge on any atom is -0.462 e. The van der Waals surface area contributed by atoms with E-state index in [1.165, 1.54) is 17.7 Å². The fourth-order valence-corrected chi connectivity index (χ4v) is 2.88. The number of carbonyl (C=O) groups is 3. The van der Waals surface area contributed by atoms with Crippen molar-refractivity contribution in [1.29, 1.82) is 0 Å². The zero-order chi connectivity index (χ0) is 20.8. The molecule has 148 valence electrons. The van der Waals surface area contributed by atoms with Crippen LogP contribution in [0.4, 0.5) is 5.69 Å². The number of benzene rings is 2. The fourth-order valence-electron chi connectivity index (χ4n) is 2.88. The lowest BCUT2D eigenvalue weighted by molar-refractivity contribution is -0.136. The van der Waals surface area contributed by atoms with Crippen molar-refractivity contribution in [2.75, 3.05) is 11.9 Å². The van der Waals surface area contributed by atoms with Gasteiger partial charge in [-0.05, 0) is 81.1 Å². The van der Waals surface area contributed by atoms with Gasteiger partial charge in [0.2, 0.25) is 0 Å². The maximum absolute atomic E-state index is 12.3. The lowest BCUT2D eigenvalue weighted by Gasteiger charge is -2.18. The number of nitrogens with one attached hydrogen (secondary N) is 2. The minimum absolute atomic E-state index is 0.287. The largest absolute Gasteiger partial charge is 0.462 e. The Hall–Kier alpha value is -3.15. The number of amides is 2. The summed E-state index contributed by atoms with van der Waals surface area (Å²) in [5.41, 5.74) is 5.15. The molecule has 1 atom stereocenters. The molecule has 2 rings (SSSR count). The molecular formula is C22H26N2O4. The average molecular weight is 382 g/mol. The van der Waals surface area contributed by atoms with Crippen LogP contribution in [0.3, 0.4) is 0 Å². The van der Waals surface area contributed by atoms with Crippen LogP contribution in [0.1, 0.15) is 52.5 Å². The molecule has 0 radical (unpaired) electrons. The molecule has 0 spiro atoms. The molecule has 0 heterocycles. The first-order valence-corrected chi connectivity index (χ1v) is 9.19. The Morgan fingerprint density at radius 2 is 1.54 bits per heavy atom. The zero-order valence-electron chi connectivity index (χ0n) is 16.9. The van der Waals surface area contributed by atoms with Crippen molar-refractivity contribution in [3.05, 3.63) is 64.2 Å². The third-order valence-electron chi connectivity index (χ3n) is 4.56. The molecule has 2 amide bonds. The van der Waals surface area contributed by atoms with Crippen LogP contribution in [0.25, 0.3) is 0 Å². The molecule has 0 saturated carbocycles. The minimum atomic E-state index is -0.766. The highest BCUT2D eigenvalue weighted by Crippen LogP contribution is 2.21. The standard InChI is InChI=1S/C22H26N2O4/c1-6-28-22(27)17-7-9-18(10-8-17)24-21(26)20(25)23-16(5)19-12-14(3)13(2)11-15(19)4/h7-12,16H,6H2,1-5H3,(H,23,25)(H,24,26). The maximum atomic E-state index is 12.3. The Morgan fingerprint density at radius 3 is 2.14 bits per heavy atom. The van der Waals surface area contributed by atoms with E-state index in [-0.39, 0.29) is 12.6 Å². The number of esters is 1. The number of hydrogen-bond acceptors (Lipinski definition) is 4. The van der Waals surface area contributed by atoms with Gasteiger partial charge in [-0.25, -0.2) is 4.79 Å². The summed E-state index contributed by atoms with van der Waals surface area (Å²) < 4.78 is 4.91. The Kier molecular flexibility index (Phi) is 6.93. The molecule has 0 aliphatic heterocycles. The van der Waals surface area contributed by atoms with Gasteiger partial charge in [0.15, 0.2) is 0 Å². The summed E-state index contributed by atoms with van der Waals surface area (Å²) in [6.07, 6.45) is 0. The lowest BCUT2D eigenvalue weighted by Crippen LogP contribution is -2.37. The number of hydrogen-bond donors (Lipinski definition) is 2. The third-order valence-corrected chi connectivity index (χ3v) is 4.56. The van der Waals surface area contributed by atoms with Gasteiger partial charge in [0, 0.05) is 5.69 Å². The Morgan fingerprint density at radius 1 is 0.929 bits per heavy atom. The van der Waals surface area contributed by atoms with Gasteiger partial charge < -0.3 is 15.4 Å². The lowest BCUT2D eigenvalue weighted by atomic mass is 9.96. The van der Waals surface area contributed by atoms with E-state index in [0.29, 0.717) is 11.3 Å². The highest BCUT2D eigenvalue weighted by Gasteiger charge is 2.19. The van der Waals surface area contributed by atoms with E-state index in [1.54, 1.807) is 19.1 Å². The average Bonchev–Trinajstić information content (AvgIpc) is 2.65. The van der Waals surface area contributed by atoms with Crippen LogP contribution >= 0.6 is 0 Å². The fraction of sp³-hybridized carbons (Fsp3) is 0.318. The first-order valence-electron chi connectivity index (χ1n) is 9.19. The van der Waals surface area contributed by atoms with E-state index in [4.69, 9.17) is 4.74 Å². The monoisotopic (exact) mass is 382 g/mol. The van der Waals surface area contributed by atoms with Crippen LogP contribution in [0, 0.1) is 20.8 Å². The number of aryl methyl sites for hydroxylation is 3. The second-order valence-electron chi connectivity index (χ2n) is 6.74. The van der Waals surface area contributed by atoms with E-state index in [1.807, 2.05) is 33.8 Å². The predicted molar refractivity (Wildman–Crippen MR) is 108 cm³/mol. The zero-order valence-corrected chi connectivity index (χ0v) is 16.9. The number of ether oxygens (including phenoxy) is 1. The summed E-state index contributed by atoms with van der Waals surface area (Å²) in [5.74, 6) is -1.92. The van der Waals surface area contributed by atoms with Crippen LogP contribution in [0.2, 0.25) is 0 Å². The molecule has 2 aromatic rings. The molecule has 6 nitrogen and oxygen atoms in total. The second-order valence-corrected chi connectivity index (χ2v) is 6.74. The summed E-state index contributed by atoms with van der Waals surface area (Å²) in [6, 6.07) is 9.96. The number of carbonyl (C=O) groups excluding carboxylic acids is 3. The van der Waals surface area contributed by atoms with Gasteiger partial charge in [-0.1, -0.05) is 12.1 Å². The van der Waals surface area contributed by atoms with Crippen LogP contribution in [-0.4, -0.2) is 24.4 Å². The van der Waals surface area contributed by atoms with Crippen LogP contribution < -0.4 is 10.6 Å². The van der Waals surface area contributed by atoms with Crippen molar-refractivity contribution < 1.29 is 19.1 Å². The molecule has 2 aromatic carbocycles. The molecule has 6 heteroatoms. The molecule has 0 aromatic heterocycles. The van der Waals surface area contributed by atoms with Crippen molar-refractivity contribution >= 4 is 23.5 Å². The van der Waals surface area contributed by atoms with Gasteiger partial charge in [0.1, 0.15) is 0 Å². The van der Waals surface area contributed by atoms with Gasteiger partial charge in [-0.2, -0.15) is 0 Å². The SMILES string of the molecule is CCOC(=O)c1ccc(NC(=O)C(=O)NC(C)c2cc(C)c(C)cc2C)cc1. The normalized spacial score (nSPS) is 11.5. The molecule has 28 heavy (non-hydrogen) atoms. The molecule has 0 saturated heterocycles. The smallest absolute Gasteiger partial charge is 0.338 e. The Bertz CT molecular complexity index is 888. The van der Waals surface area contributed by atoms with Gasteiger partial charge >= 0.3 is 17.8 Å². The first-order chi connectivity index (χ1) is 13.2. The highest BCUT2D eigenvalue weighted by molar-refractivity contribution is 6.39. The summed E-state index contributed by atoms with van der Waals surface area (Å²) in [7, 11) is 0. The van der Waals surface area contributed by atoms with E-state index >= 15 is 0 Å². The third kappa shape index (κ3) is 5.19. The van der Waals surface area contributed by atoms with Crippen molar-refractivity contribution in [3.63, 3.8) is 0 Å². The van der Waals surface area contributed by atoms with Crippen LogP contribution in [0.15, 0.2) is 36.4 Å². The van der Waals surface area contributed by atoms with Crippen molar-refractivity contribution in [2.24, 2.45) is 0 Å². The summed E-state index contributed by atoms with van der Waals surface area (Å²) >= 11 is 0. The summed E-state index contributed by atoms with van der Waals surface area (Å²) in [6.45, 7) is 9.89. The summed E-state index contributed by atoms with van der Waals surface area (Å²) in [4.78, 5) is 36.1. The topological polar surface area (TPSA) is 84.5 Å². The van der Waals surface area contributed by atoms with Crippen molar-refractivity contribution in [3.8, 4) is 0 Å². The molecule has 1 unspecified atom stereocenters. The number of rotatable bonds is 5. The molecule has 2 N–H and O–H groups in total. The van der Waals surface area contributed by atoms with E-state index in [0.717, 1.165) is 16.7 Å².